The van der Waals surface area contributed by atoms with Gasteiger partial charge in [0.15, 0.2) is 0 Å². The molecule has 0 bridgehead atoms. The summed E-state index contributed by atoms with van der Waals surface area (Å²) in [5, 5.41) is 0. The summed E-state index contributed by atoms with van der Waals surface area (Å²) in [5.74, 6) is 0.0945. The number of nitrogens with zero attached hydrogens (tertiary/aromatic N) is 1. The molecule has 1 N–H and O–H groups in total. The average Bonchev–Trinajstić information content (AvgIpc) is 2.36. The lowest BCUT2D eigenvalue weighted by molar-refractivity contribution is -0.135. The number of methoxy groups -OCH3 is 1. The summed E-state index contributed by atoms with van der Waals surface area (Å²) in [7, 11) is -1.59. The second-order valence-electron chi connectivity index (χ2n) is 4.95. The zero-order valence-electron chi connectivity index (χ0n) is 11.7. The highest BCUT2D eigenvalue weighted by Gasteiger charge is 2.26. The van der Waals surface area contributed by atoms with Crippen molar-refractivity contribution >= 4 is 15.9 Å². The Morgan fingerprint density at radius 1 is 1.42 bits per heavy atom. The van der Waals surface area contributed by atoms with Crippen LogP contribution in [0.25, 0.3) is 0 Å². The van der Waals surface area contributed by atoms with Crippen LogP contribution in [-0.4, -0.2) is 58.3 Å². The second kappa shape index (κ2) is 7.81. The first-order chi connectivity index (χ1) is 8.94. The molecule has 112 valence electrons. The Kier molecular flexibility index (Phi) is 6.74. The molecule has 0 spiro atoms. The van der Waals surface area contributed by atoms with Crippen molar-refractivity contribution in [3.8, 4) is 0 Å². The zero-order chi connectivity index (χ0) is 14.3. The molecule has 1 heterocycles. The van der Waals surface area contributed by atoms with E-state index in [1.165, 1.54) is 0 Å². The Morgan fingerprint density at radius 2 is 2.16 bits per heavy atom. The zero-order valence-corrected chi connectivity index (χ0v) is 12.5. The maximum atomic E-state index is 12.1. The Balaban J connectivity index is 2.49. The van der Waals surface area contributed by atoms with E-state index in [1.807, 2.05) is 4.90 Å². The van der Waals surface area contributed by atoms with Gasteiger partial charge in [0.2, 0.25) is 15.9 Å². The highest BCUT2D eigenvalue weighted by Crippen LogP contribution is 2.18. The van der Waals surface area contributed by atoms with E-state index in [-0.39, 0.29) is 11.9 Å². The second-order valence-corrected chi connectivity index (χ2v) is 6.79. The van der Waals surface area contributed by atoms with Crippen LogP contribution in [0.1, 0.15) is 32.1 Å². The fourth-order valence-electron chi connectivity index (χ4n) is 2.30. The summed E-state index contributed by atoms with van der Waals surface area (Å²) in [6.45, 7) is 1.61. The SMILES string of the molecule is COCCCC(=O)N1CCCCC1CNS(C)(=O)=O. The van der Waals surface area contributed by atoms with E-state index < -0.39 is 10.0 Å². The van der Waals surface area contributed by atoms with E-state index in [9.17, 15) is 13.2 Å². The van der Waals surface area contributed by atoms with Gasteiger partial charge in [0.25, 0.3) is 0 Å². The van der Waals surface area contributed by atoms with Crippen LogP contribution in [0, 0.1) is 0 Å². The van der Waals surface area contributed by atoms with Crippen LogP contribution in [0.5, 0.6) is 0 Å². The number of likely N-dealkylation sites (tertiary alicyclic amines) is 1. The molecule has 1 amide bonds. The van der Waals surface area contributed by atoms with Crippen LogP contribution < -0.4 is 4.72 Å². The van der Waals surface area contributed by atoms with Gasteiger partial charge in [0.1, 0.15) is 0 Å². The van der Waals surface area contributed by atoms with Crippen molar-refractivity contribution in [1.82, 2.24) is 9.62 Å². The molecule has 0 radical (unpaired) electrons. The van der Waals surface area contributed by atoms with Crippen LogP contribution in [0.15, 0.2) is 0 Å². The van der Waals surface area contributed by atoms with Crippen LogP contribution in [0.3, 0.4) is 0 Å². The van der Waals surface area contributed by atoms with Crippen molar-refractivity contribution in [2.24, 2.45) is 0 Å². The monoisotopic (exact) mass is 292 g/mol. The lowest BCUT2D eigenvalue weighted by Crippen LogP contribution is -2.49. The summed E-state index contributed by atoms with van der Waals surface area (Å²) >= 11 is 0. The Labute approximate surface area is 115 Å². The third-order valence-corrected chi connectivity index (χ3v) is 3.96. The first kappa shape index (κ1) is 16.4. The molecule has 0 aromatic rings. The first-order valence-corrected chi connectivity index (χ1v) is 8.56. The topological polar surface area (TPSA) is 75.7 Å². The highest BCUT2D eigenvalue weighted by molar-refractivity contribution is 7.88. The quantitative estimate of drug-likeness (QED) is 0.687. The molecule has 1 unspecified atom stereocenters. The minimum atomic E-state index is -3.20. The lowest BCUT2D eigenvalue weighted by atomic mass is 10.0. The van der Waals surface area contributed by atoms with Gasteiger partial charge < -0.3 is 9.64 Å². The van der Waals surface area contributed by atoms with E-state index in [4.69, 9.17) is 4.74 Å². The predicted octanol–water partition coefficient (Wildman–Crippen LogP) is 0.343. The third-order valence-electron chi connectivity index (χ3n) is 3.27. The minimum Gasteiger partial charge on any atom is -0.385 e. The van der Waals surface area contributed by atoms with Gasteiger partial charge in [-0.3, -0.25) is 4.79 Å². The van der Waals surface area contributed by atoms with Crippen LogP contribution in [0.2, 0.25) is 0 Å². The Hall–Kier alpha value is -0.660. The minimum absolute atomic E-state index is 0.0153. The number of hydrogen-bond donors (Lipinski definition) is 1. The van der Waals surface area contributed by atoms with Gasteiger partial charge in [0, 0.05) is 39.3 Å². The molecule has 0 aromatic carbocycles. The van der Waals surface area contributed by atoms with Crippen molar-refractivity contribution < 1.29 is 17.9 Å². The van der Waals surface area contributed by atoms with Gasteiger partial charge in [-0.25, -0.2) is 13.1 Å². The summed E-state index contributed by atoms with van der Waals surface area (Å²) in [5.41, 5.74) is 0. The van der Waals surface area contributed by atoms with Crippen LogP contribution in [0.4, 0.5) is 0 Å². The smallest absolute Gasteiger partial charge is 0.222 e. The molecule has 6 nitrogen and oxygen atoms in total. The number of amides is 1. The van der Waals surface area contributed by atoms with Gasteiger partial charge in [0.05, 0.1) is 6.26 Å². The third kappa shape index (κ3) is 6.35. The molecular formula is C12H24N2O4S. The predicted molar refractivity (Wildman–Crippen MR) is 73.3 cm³/mol. The molecule has 7 heteroatoms. The van der Waals surface area contributed by atoms with Crippen LogP contribution >= 0.6 is 0 Å². The van der Waals surface area contributed by atoms with E-state index in [1.54, 1.807) is 7.11 Å². The highest BCUT2D eigenvalue weighted by atomic mass is 32.2. The number of ether oxygens (including phenoxy) is 1. The molecule has 19 heavy (non-hydrogen) atoms. The summed E-state index contributed by atoms with van der Waals surface area (Å²) in [6.07, 6.45) is 5.20. The molecule has 1 fully saturated rings. The number of piperidine rings is 1. The first-order valence-electron chi connectivity index (χ1n) is 6.67. The average molecular weight is 292 g/mol. The van der Waals surface area contributed by atoms with Gasteiger partial charge in [-0.05, 0) is 25.7 Å². The lowest BCUT2D eigenvalue weighted by Gasteiger charge is -2.36. The number of hydrogen-bond acceptors (Lipinski definition) is 4. The van der Waals surface area contributed by atoms with Crippen molar-refractivity contribution in [2.45, 2.75) is 38.1 Å². The van der Waals surface area contributed by atoms with E-state index in [0.717, 1.165) is 32.1 Å². The van der Waals surface area contributed by atoms with Crippen molar-refractivity contribution in [3.63, 3.8) is 0 Å². The molecular weight excluding hydrogens is 268 g/mol. The van der Waals surface area contributed by atoms with E-state index in [2.05, 4.69) is 4.72 Å². The van der Waals surface area contributed by atoms with Crippen molar-refractivity contribution in [1.29, 1.82) is 0 Å². The van der Waals surface area contributed by atoms with Gasteiger partial charge in [-0.15, -0.1) is 0 Å². The van der Waals surface area contributed by atoms with E-state index >= 15 is 0 Å². The molecule has 0 aromatic heterocycles. The van der Waals surface area contributed by atoms with Gasteiger partial charge in [-0.1, -0.05) is 0 Å². The number of sulfonamides is 1. The normalized spacial score (nSPS) is 20.5. The number of rotatable bonds is 7. The summed E-state index contributed by atoms with van der Waals surface area (Å²) in [6, 6.07) is -0.0153. The molecule has 0 saturated carbocycles. The summed E-state index contributed by atoms with van der Waals surface area (Å²) in [4.78, 5) is 13.9. The van der Waals surface area contributed by atoms with Gasteiger partial charge >= 0.3 is 0 Å². The molecule has 1 aliphatic rings. The number of nitrogens with one attached hydrogen (secondary N) is 1. The van der Waals surface area contributed by atoms with Crippen molar-refractivity contribution in [3.05, 3.63) is 0 Å². The van der Waals surface area contributed by atoms with Crippen molar-refractivity contribution in [2.75, 3.05) is 33.1 Å². The molecule has 1 atom stereocenters. The number of carbonyl (C=O) groups is 1. The molecule has 0 aliphatic carbocycles. The maximum absolute atomic E-state index is 12.1. The molecule has 1 rings (SSSR count). The fraction of sp³-hybridized carbons (Fsp3) is 0.917. The largest absolute Gasteiger partial charge is 0.385 e. The fourth-order valence-corrected chi connectivity index (χ4v) is 2.80. The molecule has 1 aliphatic heterocycles. The van der Waals surface area contributed by atoms with Gasteiger partial charge in [-0.2, -0.15) is 0 Å². The number of carbonyl (C=O) groups excluding carboxylic acids is 1. The standard InChI is InChI=1S/C12H24N2O4S/c1-18-9-5-7-12(15)14-8-4-3-6-11(14)10-13-19(2,16)17/h11,13H,3-10H2,1-2H3. The summed E-state index contributed by atoms with van der Waals surface area (Å²) < 4.78 is 29.7. The maximum Gasteiger partial charge on any atom is 0.222 e. The van der Waals surface area contributed by atoms with E-state index in [0.29, 0.717) is 26.0 Å². The van der Waals surface area contributed by atoms with Crippen LogP contribution in [-0.2, 0) is 19.6 Å². The Bertz CT molecular complexity index is 383. The molecule has 1 saturated heterocycles. The Morgan fingerprint density at radius 3 is 2.79 bits per heavy atom.